The van der Waals surface area contributed by atoms with Crippen LogP contribution in [0.15, 0.2) is 52.1 Å². The highest BCUT2D eigenvalue weighted by Crippen LogP contribution is 2.29. The van der Waals surface area contributed by atoms with Crippen molar-refractivity contribution < 1.29 is 27.1 Å². The van der Waals surface area contributed by atoms with Crippen LogP contribution in [0.1, 0.15) is 35.0 Å². The summed E-state index contributed by atoms with van der Waals surface area (Å²) in [6.07, 6.45) is -2.09. The molecule has 3 N–H and O–H groups in total. The molecule has 0 aliphatic rings. The van der Waals surface area contributed by atoms with Crippen LogP contribution < -0.4 is 16.0 Å². The molecule has 0 radical (unpaired) electrons. The summed E-state index contributed by atoms with van der Waals surface area (Å²) in [4.78, 5) is 16.5. The summed E-state index contributed by atoms with van der Waals surface area (Å²) < 4.78 is 48.4. The fraction of sp³-hybridized carbons (Fsp3) is 0.429. The van der Waals surface area contributed by atoms with Crippen molar-refractivity contribution in [3.63, 3.8) is 0 Å². The molecule has 1 heterocycles. The molecule has 0 atom stereocenters. The maximum absolute atomic E-state index is 12.6. The zero-order valence-electron chi connectivity index (χ0n) is 17.3. The highest BCUT2D eigenvalue weighted by Gasteiger charge is 2.30. The zero-order valence-corrected chi connectivity index (χ0v) is 17.3. The van der Waals surface area contributed by atoms with Gasteiger partial charge in [-0.1, -0.05) is 0 Å². The van der Waals surface area contributed by atoms with E-state index in [1.54, 1.807) is 6.26 Å². The van der Waals surface area contributed by atoms with Crippen molar-refractivity contribution in [3.05, 3.63) is 59.5 Å². The molecule has 170 valence electrons. The number of rotatable bonds is 11. The minimum absolute atomic E-state index is 0.170. The van der Waals surface area contributed by atoms with Gasteiger partial charge in [-0.05, 0) is 49.7 Å². The van der Waals surface area contributed by atoms with Crippen molar-refractivity contribution in [1.29, 1.82) is 0 Å². The predicted octanol–water partition coefficient (Wildman–Crippen LogP) is 3.19. The first kappa shape index (κ1) is 24.3. The molecule has 2 aromatic rings. The van der Waals surface area contributed by atoms with E-state index in [4.69, 9.17) is 9.15 Å². The van der Waals surface area contributed by atoms with Crippen LogP contribution in [0.5, 0.6) is 0 Å². The Hall–Kier alpha value is -3.01. The molecule has 7 nitrogen and oxygen atoms in total. The first-order valence-corrected chi connectivity index (χ1v) is 9.98. The smallest absolute Gasteiger partial charge is 0.416 e. The van der Waals surface area contributed by atoms with Gasteiger partial charge in [-0.25, -0.2) is 0 Å². The van der Waals surface area contributed by atoms with E-state index < -0.39 is 17.6 Å². The molecule has 2 rings (SSSR count). The zero-order chi connectivity index (χ0) is 22.5. The number of guanidine groups is 1. The van der Waals surface area contributed by atoms with E-state index in [1.165, 1.54) is 0 Å². The van der Waals surface area contributed by atoms with Gasteiger partial charge >= 0.3 is 6.18 Å². The normalized spacial score (nSPS) is 11.9. The fourth-order valence-corrected chi connectivity index (χ4v) is 2.54. The van der Waals surface area contributed by atoms with Crippen LogP contribution >= 0.6 is 0 Å². The Morgan fingerprint density at radius 2 is 1.84 bits per heavy atom. The molecule has 0 aliphatic heterocycles. The van der Waals surface area contributed by atoms with Gasteiger partial charge in [-0.2, -0.15) is 13.2 Å². The molecule has 0 saturated carbocycles. The van der Waals surface area contributed by atoms with Crippen LogP contribution in [0.25, 0.3) is 0 Å². The maximum atomic E-state index is 12.6. The number of benzene rings is 1. The molecule has 0 aliphatic carbocycles. The van der Waals surface area contributed by atoms with Crippen molar-refractivity contribution in [1.82, 2.24) is 16.0 Å². The Morgan fingerprint density at radius 3 is 2.48 bits per heavy atom. The van der Waals surface area contributed by atoms with Gasteiger partial charge in [0, 0.05) is 38.3 Å². The first-order valence-electron chi connectivity index (χ1n) is 9.98. The summed E-state index contributed by atoms with van der Waals surface area (Å²) in [5.74, 6) is 0.945. The Balaban J connectivity index is 1.65. The van der Waals surface area contributed by atoms with E-state index in [0.717, 1.165) is 36.4 Å². The van der Waals surface area contributed by atoms with E-state index in [-0.39, 0.29) is 12.1 Å². The lowest BCUT2D eigenvalue weighted by Gasteiger charge is -2.12. The van der Waals surface area contributed by atoms with Crippen LogP contribution in [0.4, 0.5) is 13.2 Å². The summed E-state index contributed by atoms with van der Waals surface area (Å²) in [6, 6.07) is 7.75. The average molecular weight is 440 g/mol. The van der Waals surface area contributed by atoms with Crippen LogP contribution in [0, 0.1) is 0 Å². The van der Waals surface area contributed by atoms with Gasteiger partial charge in [0.25, 0.3) is 5.91 Å². The molecule has 0 bridgehead atoms. The third-order valence-corrected chi connectivity index (χ3v) is 4.06. The number of furan rings is 1. The lowest BCUT2D eigenvalue weighted by Crippen LogP contribution is -2.41. The number of nitrogens with one attached hydrogen (secondary N) is 3. The number of hydrogen-bond acceptors (Lipinski definition) is 4. The summed E-state index contributed by atoms with van der Waals surface area (Å²) in [5.41, 5.74) is -0.619. The predicted molar refractivity (Wildman–Crippen MR) is 111 cm³/mol. The third kappa shape index (κ3) is 9.12. The standard InChI is InChI=1S/C21H27F3N4O3/c1-2-25-20(27-10-4-13-30-15-18-5-3-14-31-18)28-12-11-26-19(29)16-6-8-17(9-7-16)21(22,23)24/h3,5-9,14H,2,4,10-13,15H2,1H3,(H,26,29)(H2,25,27,28). The number of ether oxygens (including phenoxy) is 1. The first-order chi connectivity index (χ1) is 14.9. The number of alkyl halides is 3. The molecule has 1 aromatic heterocycles. The monoisotopic (exact) mass is 440 g/mol. The van der Waals surface area contributed by atoms with Crippen molar-refractivity contribution in [2.75, 3.05) is 32.8 Å². The number of amides is 1. The quantitative estimate of drug-likeness (QED) is 0.284. The second-order valence-electron chi connectivity index (χ2n) is 6.50. The molecule has 0 spiro atoms. The van der Waals surface area contributed by atoms with Crippen molar-refractivity contribution >= 4 is 11.9 Å². The van der Waals surface area contributed by atoms with Crippen LogP contribution in [0.3, 0.4) is 0 Å². The number of carbonyl (C=O) groups is 1. The van der Waals surface area contributed by atoms with Crippen molar-refractivity contribution in [2.24, 2.45) is 4.99 Å². The Kier molecular flexibility index (Phi) is 9.89. The van der Waals surface area contributed by atoms with Crippen LogP contribution in [-0.2, 0) is 17.5 Å². The second kappa shape index (κ2) is 12.6. The SMILES string of the molecule is CCNC(=NCCCOCc1ccco1)NCCNC(=O)c1ccc(C(F)(F)F)cc1. The third-order valence-electron chi connectivity index (χ3n) is 4.06. The Morgan fingerprint density at radius 1 is 1.10 bits per heavy atom. The fourth-order valence-electron chi connectivity index (χ4n) is 2.54. The maximum Gasteiger partial charge on any atom is 0.416 e. The number of halogens is 3. The summed E-state index contributed by atoms with van der Waals surface area (Å²) in [5, 5.41) is 8.85. The molecule has 1 amide bonds. The van der Waals surface area contributed by atoms with E-state index >= 15 is 0 Å². The van der Waals surface area contributed by atoms with Gasteiger partial charge in [0.15, 0.2) is 5.96 Å². The van der Waals surface area contributed by atoms with Gasteiger partial charge < -0.3 is 25.1 Å². The van der Waals surface area contributed by atoms with Crippen LogP contribution in [0.2, 0.25) is 0 Å². The molecule has 0 unspecified atom stereocenters. The molecule has 10 heteroatoms. The van der Waals surface area contributed by atoms with E-state index in [1.807, 2.05) is 19.1 Å². The summed E-state index contributed by atoms with van der Waals surface area (Å²) >= 11 is 0. The Bertz CT molecular complexity index is 806. The topological polar surface area (TPSA) is 87.9 Å². The van der Waals surface area contributed by atoms with E-state index in [0.29, 0.717) is 38.8 Å². The minimum atomic E-state index is -4.42. The summed E-state index contributed by atoms with van der Waals surface area (Å²) in [7, 11) is 0. The van der Waals surface area contributed by atoms with Gasteiger partial charge in [0.1, 0.15) is 12.4 Å². The van der Waals surface area contributed by atoms with E-state index in [2.05, 4.69) is 20.9 Å². The van der Waals surface area contributed by atoms with Gasteiger partial charge in [0.05, 0.1) is 11.8 Å². The second-order valence-corrected chi connectivity index (χ2v) is 6.50. The molecule has 1 aromatic carbocycles. The van der Waals surface area contributed by atoms with E-state index in [9.17, 15) is 18.0 Å². The average Bonchev–Trinajstić information content (AvgIpc) is 3.26. The molecule has 0 saturated heterocycles. The molecular weight excluding hydrogens is 413 g/mol. The molecule has 0 fully saturated rings. The van der Waals surface area contributed by atoms with Gasteiger partial charge in [0.2, 0.25) is 0 Å². The lowest BCUT2D eigenvalue weighted by atomic mass is 10.1. The summed E-state index contributed by atoms with van der Waals surface area (Å²) in [6.45, 7) is 4.85. The largest absolute Gasteiger partial charge is 0.467 e. The highest BCUT2D eigenvalue weighted by atomic mass is 19.4. The van der Waals surface area contributed by atoms with Gasteiger partial charge in [-0.3, -0.25) is 9.79 Å². The van der Waals surface area contributed by atoms with Gasteiger partial charge in [-0.15, -0.1) is 0 Å². The lowest BCUT2D eigenvalue weighted by molar-refractivity contribution is -0.137. The number of aliphatic imine (C=N–C) groups is 1. The number of carbonyl (C=O) groups excluding carboxylic acids is 1. The number of hydrogen-bond donors (Lipinski definition) is 3. The molecular formula is C21H27F3N4O3. The van der Waals surface area contributed by atoms with Crippen molar-refractivity contribution in [3.8, 4) is 0 Å². The number of nitrogens with zero attached hydrogens (tertiary/aromatic N) is 1. The van der Waals surface area contributed by atoms with Crippen LogP contribution in [-0.4, -0.2) is 44.7 Å². The minimum Gasteiger partial charge on any atom is -0.467 e. The Labute approximate surface area is 179 Å². The van der Waals surface area contributed by atoms with Crippen molar-refractivity contribution in [2.45, 2.75) is 26.1 Å². The highest BCUT2D eigenvalue weighted by molar-refractivity contribution is 5.94. The molecule has 31 heavy (non-hydrogen) atoms.